The molecule has 2 heterocycles. The van der Waals surface area contributed by atoms with Crippen LogP contribution in [0.15, 0.2) is 72.8 Å². The standard InChI is InChI=1S/C27H25N5O2/c1-17-7-11-19(12-8-17)29-27(33)23-24-26(31-22-6-4-3-5-21(22)30-24)32(25(23)28)16-15-18-9-13-20(34-2)14-10-18/h3-14H,15-16,28H2,1-2H3,(H,29,33). The Hall–Kier alpha value is -4.39. The maximum atomic E-state index is 13.3. The first-order valence-electron chi connectivity index (χ1n) is 11.1. The van der Waals surface area contributed by atoms with Crippen LogP contribution in [0.25, 0.3) is 22.2 Å². The van der Waals surface area contributed by atoms with Crippen molar-refractivity contribution in [2.24, 2.45) is 0 Å². The monoisotopic (exact) mass is 451 g/mol. The SMILES string of the molecule is COc1ccc(CCn2c(N)c(C(=O)Nc3ccc(C)cc3)c3nc4ccccc4nc32)cc1. The van der Waals surface area contributed by atoms with Crippen molar-refractivity contribution in [2.75, 3.05) is 18.2 Å². The first-order valence-corrected chi connectivity index (χ1v) is 11.1. The van der Waals surface area contributed by atoms with E-state index in [1.807, 2.05) is 84.3 Å². The molecule has 170 valence electrons. The highest BCUT2D eigenvalue weighted by Crippen LogP contribution is 2.29. The van der Waals surface area contributed by atoms with Crippen LogP contribution in [0.3, 0.4) is 0 Å². The third-order valence-corrected chi connectivity index (χ3v) is 5.91. The van der Waals surface area contributed by atoms with Gasteiger partial charge in [-0.1, -0.05) is 42.0 Å². The molecule has 0 bridgehead atoms. The van der Waals surface area contributed by atoms with Gasteiger partial charge < -0.3 is 20.4 Å². The van der Waals surface area contributed by atoms with Crippen LogP contribution in [0.5, 0.6) is 5.75 Å². The van der Waals surface area contributed by atoms with Crippen LogP contribution < -0.4 is 15.8 Å². The van der Waals surface area contributed by atoms with Crippen molar-refractivity contribution in [2.45, 2.75) is 19.9 Å². The smallest absolute Gasteiger partial charge is 0.261 e. The van der Waals surface area contributed by atoms with Crippen molar-refractivity contribution < 1.29 is 9.53 Å². The van der Waals surface area contributed by atoms with Crippen molar-refractivity contribution >= 4 is 39.6 Å². The number of nitrogens with one attached hydrogen (secondary N) is 1. The van der Waals surface area contributed by atoms with E-state index in [4.69, 9.17) is 20.4 Å². The average Bonchev–Trinajstić information content (AvgIpc) is 3.13. The van der Waals surface area contributed by atoms with E-state index in [9.17, 15) is 4.79 Å². The lowest BCUT2D eigenvalue weighted by Gasteiger charge is -2.09. The fourth-order valence-corrected chi connectivity index (χ4v) is 4.03. The lowest BCUT2D eigenvalue weighted by molar-refractivity contribution is 0.102. The minimum atomic E-state index is -0.306. The van der Waals surface area contributed by atoms with Gasteiger partial charge in [-0.2, -0.15) is 0 Å². The second-order valence-corrected chi connectivity index (χ2v) is 8.21. The van der Waals surface area contributed by atoms with E-state index in [0.717, 1.165) is 22.4 Å². The summed E-state index contributed by atoms with van der Waals surface area (Å²) in [6.45, 7) is 2.56. The molecule has 0 atom stereocenters. The van der Waals surface area contributed by atoms with E-state index in [0.29, 0.717) is 46.7 Å². The predicted molar refractivity (Wildman–Crippen MR) is 135 cm³/mol. The van der Waals surface area contributed by atoms with Gasteiger partial charge in [0.15, 0.2) is 5.65 Å². The molecule has 0 aliphatic heterocycles. The van der Waals surface area contributed by atoms with E-state index >= 15 is 0 Å². The summed E-state index contributed by atoms with van der Waals surface area (Å²) >= 11 is 0. The van der Waals surface area contributed by atoms with Crippen LogP contribution in [0.1, 0.15) is 21.5 Å². The summed E-state index contributed by atoms with van der Waals surface area (Å²) < 4.78 is 7.12. The number of anilines is 2. The Kier molecular flexibility index (Phi) is 5.59. The number of hydrogen-bond acceptors (Lipinski definition) is 5. The van der Waals surface area contributed by atoms with Gasteiger partial charge >= 0.3 is 0 Å². The summed E-state index contributed by atoms with van der Waals surface area (Å²) in [4.78, 5) is 22.9. The summed E-state index contributed by atoms with van der Waals surface area (Å²) in [6, 6.07) is 23.1. The number of carbonyl (C=O) groups is 1. The number of fused-ring (bicyclic) bond motifs is 2. The van der Waals surface area contributed by atoms with Crippen LogP contribution in [0.2, 0.25) is 0 Å². The maximum absolute atomic E-state index is 13.3. The Morgan fingerprint density at radius 1 is 0.971 bits per heavy atom. The zero-order valence-electron chi connectivity index (χ0n) is 19.1. The minimum Gasteiger partial charge on any atom is -0.497 e. The number of para-hydroxylation sites is 2. The van der Waals surface area contributed by atoms with Gasteiger partial charge in [-0.05, 0) is 55.3 Å². The fourth-order valence-electron chi connectivity index (χ4n) is 4.03. The van der Waals surface area contributed by atoms with Gasteiger partial charge in [-0.3, -0.25) is 4.79 Å². The third-order valence-electron chi connectivity index (χ3n) is 5.91. The molecule has 0 spiro atoms. The number of aromatic nitrogens is 3. The highest BCUT2D eigenvalue weighted by Gasteiger charge is 2.24. The quantitative estimate of drug-likeness (QED) is 0.380. The topological polar surface area (TPSA) is 95.1 Å². The van der Waals surface area contributed by atoms with Crippen molar-refractivity contribution in [3.05, 3.63) is 89.5 Å². The molecule has 3 N–H and O–H groups in total. The Morgan fingerprint density at radius 3 is 2.32 bits per heavy atom. The molecule has 0 radical (unpaired) electrons. The van der Waals surface area contributed by atoms with Crippen molar-refractivity contribution in [1.29, 1.82) is 0 Å². The normalized spacial score (nSPS) is 11.1. The molecule has 0 saturated carbocycles. The number of benzene rings is 3. The molecular formula is C27H25N5O2. The first kappa shape index (κ1) is 21.5. The van der Waals surface area contributed by atoms with E-state index < -0.39 is 0 Å². The first-order chi connectivity index (χ1) is 16.5. The molecule has 7 nitrogen and oxygen atoms in total. The highest BCUT2D eigenvalue weighted by atomic mass is 16.5. The molecular weight excluding hydrogens is 426 g/mol. The predicted octanol–water partition coefficient (Wildman–Crippen LogP) is 4.98. The van der Waals surface area contributed by atoms with Crippen LogP contribution >= 0.6 is 0 Å². The lowest BCUT2D eigenvalue weighted by atomic mass is 10.1. The number of nitrogen functional groups attached to an aromatic ring is 1. The molecule has 5 aromatic rings. The largest absolute Gasteiger partial charge is 0.497 e. The Labute approximate surface area is 197 Å². The third kappa shape index (κ3) is 4.03. The van der Waals surface area contributed by atoms with Gasteiger partial charge in [0.25, 0.3) is 5.91 Å². The number of hydrogen-bond donors (Lipinski definition) is 2. The molecule has 34 heavy (non-hydrogen) atoms. The zero-order valence-corrected chi connectivity index (χ0v) is 19.1. The minimum absolute atomic E-state index is 0.306. The summed E-state index contributed by atoms with van der Waals surface area (Å²) in [5.41, 5.74) is 12.4. The summed E-state index contributed by atoms with van der Waals surface area (Å²) in [5.74, 6) is 0.852. The fraction of sp³-hybridized carbons (Fsp3) is 0.148. The highest BCUT2D eigenvalue weighted by molar-refractivity contribution is 6.16. The summed E-state index contributed by atoms with van der Waals surface area (Å²) in [5, 5.41) is 2.95. The van der Waals surface area contributed by atoms with Crippen molar-refractivity contribution in [3.63, 3.8) is 0 Å². The molecule has 0 aliphatic rings. The molecule has 7 heteroatoms. The van der Waals surface area contributed by atoms with Crippen LogP contribution in [-0.4, -0.2) is 27.6 Å². The van der Waals surface area contributed by atoms with Crippen LogP contribution in [0, 0.1) is 6.92 Å². The number of amides is 1. The number of ether oxygens (including phenoxy) is 1. The van der Waals surface area contributed by atoms with Gasteiger partial charge in [-0.25, -0.2) is 9.97 Å². The second-order valence-electron chi connectivity index (χ2n) is 8.21. The Bertz CT molecular complexity index is 1490. The van der Waals surface area contributed by atoms with Gasteiger partial charge in [0, 0.05) is 12.2 Å². The molecule has 0 aliphatic carbocycles. The van der Waals surface area contributed by atoms with E-state index in [1.165, 1.54) is 0 Å². The van der Waals surface area contributed by atoms with Gasteiger partial charge in [0.05, 0.1) is 18.1 Å². The Balaban J connectivity index is 1.56. The zero-order chi connectivity index (χ0) is 23.7. The number of rotatable bonds is 6. The molecule has 1 amide bonds. The number of nitrogens with zero attached hydrogens (tertiary/aromatic N) is 3. The summed E-state index contributed by atoms with van der Waals surface area (Å²) in [6.07, 6.45) is 0.714. The molecule has 5 rings (SSSR count). The van der Waals surface area contributed by atoms with Gasteiger partial charge in [0.2, 0.25) is 0 Å². The number of nitrogens with two attached hydrogens (primary N) is 1. The lowest BCUT2D eigenvalue weighted by Crippen LogP contribution is -2.15. The Morgan fingerprint density at radius 2 is 1.65 bits per heavy atom. The van der Waals surface area contributed by atoms with E-state index in [-0.39, 0.29) is 5.91 Å². The molecule has 0 fully saturated rings. The average molecular weight is 452 g/mol. The molecule has 0 unspecified atom stereocenters. The maximum Gasteiger partial charge on any atom is 0.261 e. The van der Waals surface area contributed by atoms with Crippen molar-refractivity contribution in [3.8, 4) is 5.75 Å². The van der Waals surface area contributed by atoms with Gasteiger partial charge in [0.1, 0.15) is 22.6 Å². The van der Waals surface area contributed by atoms with Crippen LogP contribution in [0.4, 0.5) is 11.5 Å². The van der Waals surface area contributed by atoms with E-state index in [1.54, 1.807) is 7.11 Å². The van der Waals surface area contributed by atoms with Crippen LogP contribution in [-0.2, 0) is 13.0 Å². The van der Waals surface area contributed by atoms with Gasteiger partial charge in [-0.15, -0.1) is 0 Å². The number of aryl methyl sites for hydroxylation is 3. The number of carbonyl (C=O) groups excluding carboxylic acids is 1. The summed E-state index contributed by atoms with van der Waals surface area (Å²) in [7, 11) is 1.65. The second kappa shape index (κ2) is 8.86. The molecule has 3 aromatic carbocycles. The number of methoxy groups -OCH3 is 1. The molecule has 0 saturated heterocycles. The van der Waals surface area contributed by atoms with E-state index in [2.05, 4.69) is 5.32 Å². The molecule has 2 aromatic heterocycles. The van der Waals surface area contributed by atoms with Crippen molar-refractivity contribution in [1.82, 2.24) is 14.5 Å².